The standard InChI is InChI=1S/C24H51N.C22H47N/c1-2-3-4-5-6-7-8-9-10-11-12-13-14-15-16-17-18-19-20-21-22-23-24-25;1-2-3-4-5-6-7-8-9-10-11-12-13-14-15-16-17-18-19-20-21-22-23/h2-25H2,1H3;2-23H2,1H3. The predicted octanol–water partition coefficient (Wildman–Crippen LogP) is 16.3. The monoisotopic (exact) mass is 679 g/mol. The van der Waals surface area contributed by atoms with Gasteiger partial charge in [0.1, 0.15) is 0 Å². The summed E-state index contributed by atoms with van der Waals surface area (Å²) in [4.78, 5) is 0. The van der Waals surface area contributed by atoms with E-state index in [0.717, 1.165) is 13.1 Å². The van der Waals surface area contributed by atoms with Crippen molar-refractivity contribution in [2.75, 3.05) is 13.1 Å². The van der Waals surface area contributed by atoms with Gasteiger partial charge in [-0.25, -0.2) is 0 Å². The molecule has 0 radical (unpaired) electrons. The molecule has 0 atom stereocenters. The Bertz CT molecular complexity index is 450. The summed E-state index contributed by atoms with van der Waals surface area (Å²) in [5, 5.41) is 0. The summed E-state index contributed by atoms with van der Waals surface area (Å²) in [6.07, 6.45) is 60.6. The van der Waals surface area contributed by atoms with Crippen molar-refractivity contribution in [2.24, 2.45) is 11.5 Å². The van der Waals surface area contributed by atoms with Gasteiger partial charge in [-0.3, -0.25) is 0 Å². The minimum atomic E-state index is 0.874. The highest BCUT2D eigenvalue weighted by Crippen LogP contribution is 2.16. The molecule has 0 saturated carbocycles. The topological polar surface area (TPSA) is 52.0 Å². The fourth-order valence-corrected chi connectivity index (χ4v) is 7.15. The van der Waals surface area contributed by atoms with Crippen LogP contribution in [0.3, 0.4) is 0 Å². The minimum Gasteiger partial charge on any atom is -0.330 e. The van der Waals surface area contributed by atoms with Crippen LogP contribution in [0.4, 0.5) is 0 Å². The van der Waals surface area contributed by atoms with Crippen LogP contribution in [-0.4, -0.2) is 13.1 Å². The van der Waals surface area contributed by atoms with E-state index in [1.165, 1.54) is 270 Å². The highest BCUT2D eigenvalue weighted by atomic mass is 14.5. The highest BCUT2D eigenvalue weighted by Gasteiger charge is 1.97. The Balaban J connectivity index is 0. The second kappa shape index (κ2) is 51.3. The second-order valence-corrected chi connectivity index (χ2v) is 15.7. The molecule has 292 valence electrons. The second-order valence-electron chi connectivity index (χ2n) is 15.7. The zero-order chi connectivity index (χ0) is 35.1. The summed E-state index contributed by atoms with van der Waals surface area (Å²) >= 11 is 0. The van der Waals surface area contributed by atoms with E-state index in [2.05, 4.69) is 13.8 Å². The van der Waals surface area contributed by atoms with Gasteiger partial charge in [-0.15, -0.1) is 0 Å². The fourth-order valence-electron chi connectivity index (χ4n) is 7.15. The molecule has 0 aliphatic carbocycles. The van der Waals surface area contributed by atoms with Crippen LogP contribution >= 0.6 is 0 Å². The van der Waals surface area contributed by atoms with Gasteiger partial charge in [0.05, 0.1) is 0 Å². The molecule has 4 N–H and O–H groups in total. The molecule has 0 saturated heterocycles. The fraction of sp³-hybridized carbons (Fsp3) is 1.00. The summed E-state index contributed by atoms with van der Waals surface area (Å²) in [6.45, 7) is 6.34. The van der Waals surface area contributed by atoms with Crippen molar-refractivity contribution in [1.29, 1.82) is 0 Å². The van der Waals surface area contributed by atoms with Gasteiger partial charge >= 0.3 is 0 Å². The third-order valence-electron chi connectivity index (χ3n) is 10.6. The number of hydrogen-bond donors (Lipinski definition) is 2. The molecule has 2 nitrogen and oxygen atoms in total. The number of unbranched alkanes of at least 4 members (excludes halogenated alkanes) is 40. The molecular formula is C46H98N2. The maximum Gasteiger partial charge on any atom is -0.00773 e. The van der Waals surface area contributed by atoms with Crippen molar-refractivity contribution in [2.45, 2.75) is 284 Å². The maximum atomic E-state index is 5.51. The molecule has 0 amide bonds. The molecule has 48 heavy (non-hydrogen) atoms. The number of nitrogens with two attached hydrogens (primary N) is 2. The van der Waals surface area contributed by atoms with E-state index >= 15 is 0 Å². The van der Waals surface area contributed by atoms with Gasteiger partial charge in [0.2, 0.25) is 0 Å². The van der Waals surface area contributed by atoms with Gasteiger partial charge < -0.3 is 11.5 Å². The molecule has 0 bridgehead atoms. The van der Waals surface area contributed by atoms with Crippen molar-refractivity contribution in [3.63, 3.8) is 0 Å². The van der Waals surface area contributed by atoms with E-state index in [4.69, 9.17) is 11.5 Å². The van der Waals surface area contributed by atoms with Gasteiger partial charge in [-0.2, -0.15) is 0 Å². The third-order valence-corrected chi connectivity index (χ3v) is 10.6. The van der Waals surface area contributed by atoms with Crippen LogP contribution in [-0.2, 0) is 0 Å². The maximum absolute atomic E-state index is 5.51. The molecule has 0 aromatic heterocycles. The van der Waals surface area contributed by atoms with Crippen LogP contribution in [0.15, 0.2) is 0 Å². The quantitative estimate of drug-likeness (QED) is 0.0631. The van der Waals surface area contributed by atoms with Crippen molar-refractivity contribution in [3.8, 4) is 0 Å². The minimum absolute atomic E-state index is 0.874. The average Bonchev–Trinajstić information content (AvgIpc) is 3.10. The Hall–Kier alpha value is -0.0800. The van der Waals surface area contributed by atoms with Crippen molar-refractivity contribution < 1.29 is 0 Å². The lowest BCUT2D eigenvalue weighted by Gasteiger charge is -2.04. The zero-order valence-electron chi connectivity index (χ0n) is 34.3. The Kier molecular flexibility index (Phi) is 53.5. The first-order valence-corrected chi connectivity index (χ1v) is 23.2. The molecule has 0 heterocycles. The summed E-state index contributed by atoms with van der Waals surface area (Å²) in [7, 11) is 0. The summed E-state index contributed by atoms with van der Waals surface area (Å²) in [5.74, 6) is 0. The van der Waals surface area contributed by atoms with E-state index in [1.807, 2.05) is 0 Å². The molecule has 2 heteroatoms. The molecule has 0 aromatic rings. The molecule has 0 rings (SSSR count). The molecule has 0 spiro atoms. The van der Waals surface area contributed by atoms with Gasteiger partial charge in [0.25, 0.3) is 0 Å². The van der Waals surface area contributed by atoms with Crippen LogP contribution in [0.1, 0.15) is 284 Å². The van der Waals surface area contributed by atoms with Crippen molar-refractivity contribution >= 4 is 0 Å². The molecule has 0 aliphatic rings. The zero-order valence-corrected chi connectivity index (χ0v) is 34.3. The number of hydrogen-bond acceptors (Lipinski definition) is 2. The third kappa shape index (κ3) is 52.7. The van der Waals surface area contributed by atoms with E-state index < -0.39 is 0 Å². The molecule has 0 fully saturated rings. The predicted molar refractivity (Wildman–Crippen MR) is 223 cm³/mol. The molecular weight excluding hydrogens is 581 g/mol. The van der Waals surface area contributed by atoms with E-state index in [-0.39, 0.29) is 0 Å². The SMILES string of the molecule is CCCCCCCCCCCCCCCCCCCCCCCCN.CCCCCCCCCCCCCCCCCCCCCCN. The van der Waals surface area contributed by atoms with Crippen LogP contribution in [0.2, 0.25) is 0 Å². The lowest BCUT2D eigenvalue weighted by atomic mass is 10.0. The van der Waals surface area contributed by atoms with Crippen molar-refractivity contribution in [3.05, 3.63) is 0 Å². The Morgan fingerprint density at radius 1 is 0.167 bits per heavy atom. The van der Waals surface area contributed by atoms with Gasteiger partial charge in [-0.05, 0) is 25.9 Å². The summed E-state index contributed by atoms with van der Waals surface area (Å²) in [6, 6.07) is 0. The van der Waals surface area contributed by atoms with Gasteiger partial charge in [-0.1, -0.05) is 271 Å². The Morgan fingerprint density at radius 2 is 0.271 bits per heavy atom. The first-order chi connectivity index (χ1) is 23.8. The van der Waals surface area contributed by atoms with E-state index in [9.17, 15) is 0 Å². The normalized spacial score (nSPS) is 11.2. The smallest absolute Gasteiger partial charge is 0.00773 e. The van der Waals surface area contributed by atoms with Gasteiger partial charge in [0, 0.05) is 0 Å². The van der Waals surface area contributed by atoms with Crippen LogP contribution in [0.5, 0.6) is 0 Å². The number of rotatable bonds is 42. The lowest BCUT2D eigenvalue weighted by molar-refractivity contribution is 0.519. The van der Waals surface area contributed by atoms with E-state index in [1.54, 1.807) is 0 Å². The van der Waals surface area contributed by atoms with Gasteiger partial charge in [0.15, 0.2) is 0 Å². The van der Waals surface area contributed by atoms with Crippen LogP contribution in [0.25, 0.3) is 0 Å². The summed E-state index contributed by atoms with van der Waals surface area (Å²) < 4.78 is 0. The molecule has 0 aromatic carbocycles. The van der Waals surface area contributed by atoms with Crippen molar-refractivity contribution in [1.82, 2.24) is 0 Å². The van der Waals surface area contributed by atoms with E-state index in [0.29, 0.717) is 0 Å². The molecule has 0 unspecified atom stereocenters. The first-order valence-electron chi connectivity index (χ1n) is 23.2. The van der Waals surface area contributed by atoms with Crippen LogP contribution < -0.4 is 11.5 Å². The Morgan fingerprint density at radius 3 is 0.375 bits per heavy atom. The highest BCUT2D eigenvalue weighted by molar-refractivity contribution is 4.53. The lowest BCUT2D eigenvalue weighted by Crippen LogP contribution is -1.97. The largest absolute Gasteiger partial charge is 0.330 e. The van der Waals surface area contributed by atoms with Crippen LogP contribution in [0, 0.1) is 0 Å². The average molecular weight is 679 g/mol. The molecule has 0 aliphatic heterocycles. The Labute approximate surface area is 307 Å². The first kappa shape index (κ1) is 50.0. The summed E-state index contributed by atoms with van der Waals surface area (Å²) in [5.41, 5.74) is 11.0.